The molecular formula is C22H21N5O. The number of nitrogens with zero attached hydrogens (tertiary/aromatic N) is 3. The lowest BCUT2D eigenvalue weighted by atomic mass is 10.0. The van der Waals surface area contributed by atoms with Crippen LogP contribution in [0.15, 0.2) is 54.9 Å². The zero-order valence-corrected chi connectivity index (χ0v) is 15.9. The maximum absolute atomic E-state index is 12.4. The zero-order chi connectivity index (χ0) is 19.9. The second-order valence-electron chi connectivity index (χ2n) is 6.22. The molecule has 1 aromatic heterocycles. The zero-order valence-electron chi connectivity index (χ0n) is 15.9. The molecule has 0 bridgehead atoms. The first-order valence-electron chi connectivity index (χ1n) is 9.16. The minimum absolute atomic E-state index is 0.201. The van der Waals surface area contributed by atoms with E-state index < -0.39 is 0 Å². The van der Waals surface area contributed by atoms with Crippen molar-refractivity contribution in [2.24, 2.45) is 0 Å². The molecular weight excluding hydrogens is 350 g/mol. The standard InChI is InChI=1S/C22H21N5O/c1-3-16-8-6-9-17(4-2)21(16)27-20-14-24-19(13-25-20)22(28)26-18-10-5-7-15(11-18)12-23/h5-11,13-14H,3-4H2,1-2H3,(H,25,27)(H,26,28). The van der Waals surface area contributed by atoms with Crippen LogP contribution in [0.5, 0.6) is 0 Å². The lowest BCUT2D eigenvalue weighted by Crippen LogP contribution is -2.14. The van der Waals surface area contributed by atoms with E-state index in [1.165, 1.54) is 17.3 Å². The lowest BCUT2D eigenvalue weighted by Gasteiger charge is -2.14. The van der Waals surface area contributed by atoms with Gasteiger partial charge in [-0.2, -0.15) is 5.26 Å². The largest absolute Gasteiger partial charge is 0.338 e. The molecule has 6 heteroatoms. The van der Waals surface area contributed by atoms with Crippen molar-refractivity contribution < 1.29 is 4.79 Å². The molecule has 0 saturated carbocycles. The van der Waals surface area contributed by atoms with Crippen molar-refractivity contribution in [3.8, 4) is 6.07 Å². The molecule has 0 aliphatic carbocycles. The van der Waals surface area contributed by atoms with Crippen LogP contribution in [0.4, 0.5) is 17.2 Å². The average Bonchev–Trinajstić information content (AvgIpc) is 2.74. The molecule has 6 nitrogen and oxygen atoms in total. The van der Waals surface area contributed by atoms with Crippen LogP contribution >= 0.6 is 0 Å². The van der Waals surface area contributed by atoms with Gasteiger partial charge in [-0.05, 0) is 42.2 Å². The number of hydrogen-bond donors (Lipinski definition) is 2. The Morgan fingerprint density at radius 2 is 1.75 bits per heavy atom. The number of para-hydroxylation sites is 1. The Bertz CT molecular complexity index is 1000. The molecule has 0 radical (unpaired) electrons. The number of aromatic nitrogens is 2. The number of amides is 1. The quantitative estimate of drug-likeness (QED) is 0.667. The smallest absolute Gasteiger partial charge is 0.275 e. The summed E-state index contributed by atoms with van der Waals surface area (Å²) in [5.41, 5.74) is 4.68. The maximum atomic E-state index is 12.4. The summed E-state index contributed by atoms with van der Waals surface area (Å²) in [7, 11) is 0. The molecule has 0 atom stereocenters. The van der Waals surface area contributed by atoms with E-state index in [1.807, 2.05) is 6.07 Å². The number of anilines is 3. The van der Waals surface area contributed by atoms with Gasteiger partial charge in [-0.15, -0.1) is 0 Å². The summed E-state index contributed by atoms with van der Waals surface area (Å²) in [5, 5.41) is 15.0. The van der Waals surface area contributed by atoms with Crippen molar-refractivity contribution in [3.63, 3.8) is 0 Å². The Labute approximate surface area is 164 Å². The number of hydrogen-bond acceptors (Lipinski definition) is 5. The summed E-state index contributed by atoms with van der Waals surface area (Å²) < 4.78 is 0. The molecule has 1 amide bonds. The van der Waals surface area contributed by atoms with Crippen molar-refractivity contribution in [2.45, 2.75) is 26.7 Å². The minimum Gasteiger partial charge on any atom is -0.338 e. The van der Waals surface area contributed by atoms with Gasteiger partial charge in [0, 0.05) is 11.4 Å². The fourth-order valence-electron chi connectivity index (χ4n) is 2.90. The molecule has 28 heavy (non-hydrogen) atoms. The number of aryl methyl sites for hydroxylation is 2. The summed E-state index contributed by atoms with van der Waals surface area (Å²) >= 11 is 0. The predicted molar refractivity (Wildman–Crippen MR) is 110 cm³/mol. The van der Waals surface area contributed by atoms with E-state index in [2.05, 4.69) is 52.6 Å². The van der Waals surface area contributed by atoms with Gasteiger partial charge in [-0.1, -0.05) is 38.1 Å². The van der Waals surface area contributed by atoms with Crippen molar-refractivity contribution in [2.75, 3.05) is 10.6 Å². The van der Waals surface area contributed by atoms with Crippen LogP contribution in [-0.4, -0.2) is 15.9 Å². The highest BCUT2D eigenvalue weighted by molar-refractivity contribution is 6.02. The highest BCUT2D eigenvalue weighted by atomic mass is 16.1. The normalized spacial score (nSPS) is 10.2. The Balaban J connectivity index is 1.75. The number of benzene rings is 2. The Kier molecular flexibility index (Phi) is 5.97. The van der Waals surface area contributed by atoms with Crippen molar-refractivity contribution in [1.29, 1.82) is 5.26 Å². The second-order valence-corrected chi connectivity index (χ2v) is 6.22. The monoisotopic (exact) mass is 371 g/mol. The summed E-state index contributed by atoms with van der Waals surface area (Å²) in [6.07, 6.45) is 4.80. The Morgan fingerprint density at radius 1 is 1.04 bits per heavy atom. The molecule has 3 rings (SSSR count). The first kappa shape index (κ1) is 19.1. The van der Waals surface area contributed by atoms with Crippen molar-refractivity contribution in [1.82, 2.24) is 9.97 Å². The van der Waals surface area contributed by atoms with Crippen LogP contribution in [0.3, 0.4) is 0 Å². The summed E-state index contributed by atoms with van der Waals surface area (Å²) in [5.74, 6) is 0.205. The number of carbonyl (C=O) groups is 1. The van der Waals surface area contributed by atoms with Crippen LogP contribution in [0, 0.1) is 11.3 Å². The van der Waals surface area contributed by atoms with Gasteiger partial charge in [-0.25, -0.2) is 9.97 Å². The predicted octanol–water partition coefficient (Wildman–Crippen LogP) is 4.47. The van der Waals surface area contributed by atoms with E-state index in [0.717, 1.165) is 18.5 Å². The topological polar surface area (TPSA) is 90.7 Å². The van der Waals surface area contributed by atoms with Crippen LogP contribution < -0.4 is 10.6 Å². The van der Waals surface area contributed by atoms with Gasteiger partial charge in [0.25, 0.3) is 5.91 Å². The SMILES string of the molecule is CCc1cccc(CC)c1Nc1cnc(C(=O)Nc2cccc(C#N)c2)cn1. The molecule has 1 heterocycles. The first-order chi connectivity index (χ1) is 13.6. The fraction of sp³-hybridized carbons (Fsp3) is 0.182. The highest BCUT2D eigenvalue weighted by Gasteiger charge is 2.11. The molecule has 2 N–H and O–H groups in total. The Hall–Kier alpha value is -3.72. The minimum atomic E-state index is -0.377. The van der Waals surface area contributed by atoms with E-state index >= 15 is 0 Å². The van der Waals surface area contributed by atoms with Crippen LogP contribution in [0.25, 0.3) is 0 Å². The third kappa shape index (κ3) is 4.33. The van der Waals surface area contributed by atoms with Gasteiger partial charge in [0.2, 0.25) is 0 Å². The number of rotatable bonds is 6. The Morgan fingerprint density at radius 3 is 2.36 bits per heavy atom. The van der Waals surface area contributed by atoms with Crippen LogP contribution in [-0.2, 0) is 12.8 Å². The van der Waals surface area contributed by atoms with Crippen molar-refractivity contribution in [3.05, 3.63) is 77.2 Å². The highest BCUT2D eigenvalue weighted by Crippen LogP contribution is 2.25. The summed E-state index contributed by atoms with van der Waals surface area (Å²) in [6.45, 7) is 4.22. The third-order valence-electron chi connectivity index (χ3n) is 4.39. The molecule has 3 aromatic rings. The van der Waals surface area contributed by atoms with E-state index in [1.54, 1.807) is 30.5 Å². The van der Waals surface area contributed by atoms with Crippen LogP contribution in [0.1, 0.15) is 41.0 Å². The van der Waals surface area contributed by atoms with E-state index in [9.17, 15) is 4.79 Å². The molecule has 0 unspecified atom stereocenters. The molecule has 0 saturated heterocycles. The van der Waals surface area contributed by atoms with Gasteiger partial charge >= 0.3 is 0 Å². The van der Waals surface area contributed by atoms with E-state index in [-0.39, 0.29) is 11.6 Å². The summed E-state index contributed by atoms with van der Waals surface area (Å²) in [6, 6.07) is 15.0. The summed E-state index contributed by atoms with van der Waals surface area (Å²) in [4.78, 5) is 20.9. The first-order valence-corrected chi connectivity index (χ1v) is 9.16. The number of nitrogens with one attached hydrogen (secondary N) is 2. The number of nitriles is 1. The van der Waals surface area contributed by atoms with Crippen LogP contribution in [0.2, 0.25) is 0 Å². The van der Waals surface area contributed by atoms with Gasteiger partial charge < -0.3 is 10.6 Å². The van der Waals surface area contributed by atoms with Crippen molar-refractivity contribution >= 4 is 23.1 Å². The van der Waals surface area contributed by atoms with Gasteiger partial charge in [0.1, 0.15) is 11.5 Å². The molecule has 0 aliphatic heterocycles. The second kappa shape index (κ2) is 8.78. The molecule has 140 valence electrons. The van der Waals surface area contributed by atoms with Gasteiger partial charge in [0.15, 0.2) is 0 Å². The molecule has 2 aromatic carbocycles. The van der Waals surface area contributed by atoms with Gasteiger partial charge in [0.05, 0.1) is 24.0 Å². The number of carbonyl (C=O) groups excluding carboxylic acids is 1. The fourth-order valence-corrected chi connectivity index (χ4v) is 2.90. The molecule has 0 aliphatic rings. The van der Waals surface area contributed by atoms with E-state index in [0.29, 0.717) is 17.1 Å². The van der Waals surface area contributed by atoms with Gasteiger partial charge in [-0.3, -0.25) is 4.79 Å². The average molecular weight is 371 g/mol. The third-order valence-corrected chi connectivity index (χ3v) is 4.39. The lowest BCUT2D eigenvalue weighted by molar-refractivity contribution is 0.102. The molecule has 0 fully saturated rings. The molecule has 0 spiro atoms. The maximum Gasteiger partial charge on any atom is 0.275 e. The van der Waals surface area contributed by atoms with E-state index in [4.69, 9.17) is 5.26 Å².